The molecule has 1 amide bonds. The number of hydrogen-bond donors (Lipinski definition) is 1. The van der Waals surface area contributed by atoms with E-state index in [2.05, 4.69) is 15.9 Å². The summed E-state index contributed by atoms with van der Waals surface area (Å²) in [5, 5.41) is 9.07. The average Bonchev–Trinajstić information content (AvgIpc) is 2.80. The topological polar surface area (TPSA) is 57.6 Å². The Morgan fingerprint density at radius 1 is 1.35 bits per heavy atom. The lowest BCUT2D eigenvalue weighted by molar-refractivity contribution is -0.142. The maximum absolute atomic E-state index is 12.1. The van der Waals surface area contributed by atoms with Crippen LogP contribution < -0.4 is 0 Å². The fourth-order valence-electron chi connectivity index (χ4n) is 2.26. The minimum Gasteiger partial charge on any atom is -0.481 e. The van der Waals surface area contributed by atoms with Crippen molar-refractivity contribution in [3.63, 3.8) is 0 Å². The fourth-order valence-corrected chi connectivity index (χ4v) is 3.32. The van der Waals surface area contributed by atoms with Gasteiger partial charge in [-0.05, 0) is 30.2 Å². The highest BCUT2D eigenvalue weighted by Crippen LogP contribution is 2.25. The molecular formula is C14H16BrNO3S. The molecule has 0 aromatic heterocycles. The average molecular weight is 358 g/mol. The zero-order chi connectivity index (χ0) is 14.7. The summed E-state index contributed by atoms with van der Waals surface area (Å²) in [6, 6.07) is 7.78. The van der Waals surface area contributed by atoms with Gasteiger partial charge < -0.3 is 10.0 Å². The van der Waals surface area contributed by atoms with Crippen LogP contribution in [0.5, 0.6) is 0 Å². The number of hydrogen-bond acceptors (Lipinski definition) is 3. The quantitative estimate of drug-likeness (QED) is 0.841. The third-order valence-electron chi connectivity index (χ3n) is 3.46. The number of amides is 1. The summed E-state index contributed by atoms with van der Waals surface area (Å²) in [7, 11) is 0. The molecule has 1 N–H and O–H groups in total. The molecule has 0 bridgehead atoms. The van der Waals surface area contributed by atoms with Crippen molar-refractivity contribution in [2.24, 2.45) is 11.8 Å². The Bertz CT molecular complexity index is 506. The molecule has 4 nitrogen and oxygen atoms in total. The van der Waals surface area contributed by atoms with E-state index in [9.17, 15) is 9.59 Å². The zero-order valence-corrected chi connectivity index (χ0v) is 13.5. The molecule has 1 aliphatic rings. The molecule has 1 fully saturated rings. The Labute approximate surface area is 130 Å². The second kappa shape index (κ2) is 6.63. The molecule has 0 spiro atoms. The van der Waals surface area contributed by atoms with E-state index in [-0.39, 0.29) is 11.8 Å². The van der Waals surface area contributed by atoms with E-state index in [1.165, 1.54) is 11.8 Å². The smallest absolute Gasteiger partial charge is 0.308 e. The van der Waals surface area contributed by atoms with Crippen molar-refractivity contribution >= 4 is 39.6 Å². The van der Waals surface area contributed by atoms with Gasteiger partial charge in [0.2, 0.25) is 5.91 Å². The van der Waals surface area contributed by atoms with Crippen LogP contribution in [0.4, 0.5) is 0 Å². The molecular weight excluding hydrogens is 342 g/mol. The number of thioether (sulfide) groups is 1. The predicted molar refractivity (Wildman–Crippen MR) is 81.7 cm³/mol. The van der Waals surface area contributed by atoms with Crippen LogP contribution in [-0.2, 0) is 9.59 Å². The van der Waals surface area contributed by atoms with Crippen LogP contribution in [0.25, 0.3) is 0 Å². The second-order valence-corrected chi connectivity index (χ2v) is 6.93. The lowest BCUT2D eigenvalue weighted by Gasteiger charge is -2.15. The Morgan fingerprint density at radius 3 is 2.55 bits per heavy atom. The molecule has 1 aromatic rings. The number of likely N-dealkylation sites (tertiary alicyclic amines) is 1. The fraction of sp³-hybridized carbons (Fsp3) is 0.429. The van der Waals surface area contributed by atoms with E-state index < -0.39 is 11.9 Å². The predicted octanol–water partition coefficient (Wildman–Crippen LogP) is 2.72. The van der Waals surface area contributed by atoms with Crippen molar-refractivity contribution in [2.45, 2.75) is 11.8 Å². The molecule has 0 saturated carbocycles. The first-order valence-electron chi connectivity index (χ1n) is 6.36. The van der Waals surface area contributed by atoms with Crippen LogP contribution in [0.1, 0.15) is 6.92 Å². The summed E-state index contributed by atoms with van der Waals surface area (Å²) in [4.78, 5) is 25.8. The summed E-state index contributed by atoms with van der Waals surface area (Å²) in [5.74, 6) is -0.867. The van der Waals surface area contributed by atoms with Crippen LogP contribution >= 0.6 is 27.7 Å². The Morgan fingerprint density at radius 2 is 2.00 bits per heavy atom. The molecule has 1 heterocycles. The maximum Gasteiger partial charge on any atom is 0.308 e. The molecule has 6 heteroatoms. The Kier molecular flexibility index (Phi) is 5.10. The summed E-state index contributed by atoms with van der Waals surface area (Å²) in [6.07, 6.45) is 0. The summed E-state index contributed by atoms with van der Waals surface area (Å²) in [5.41, 5.74) is 0. The molecule has 1 aliphatic heterocycles. The van der Waals surface area contributed by atoms with Crippen LogP contribution in [-0.4, -0.2) is 40.7 Å². The number of carboxylic acid groups (broad SMARTS) is 1. The maximum atomic E-state index is 12.1. The van der Waals surface area contributed by atoms with Crippen molar-refractivity contribution < 1.29 is 14.7 Å². The summed E-state index contributed by atoms with van der Waals surface area (Å²) < 4.78 is 1.01. The van der Waals surface area contributed by atoms with Gasteiger partial charge in [0, 0.05) is 22.5 Å². The van der Waals surface area contributed by atoms with E-state index in [0.29, 0.717) is 18.8 Å². The first-order valence-corrected chi connectivity index (χ1v) is 8.14. The van der Waals surface area contributed by atoms with Gasteiger partial charge in [0.05, 0.1) is 11.7 Å². The van der Waals surface area contributed by atoms with Gasteiger partial charge in [-0.3, -0.25) is 9.59 Å². The third kappa shape index (κ3) is 3.76. The second-order valence-electron chi connectivity index (χ2n) is 4.96. The van der Waals surface area contributed by atoms with Crippen molar-refractivity contribution in [3.05, 3.63) is 28.7 Å². The van der Waals surface area contributed by atoms with Gasteiger partial charge in [-0.15, -0.1) is 11.8 Å². The highest BCUT2D eigenvalue weighted by atomic mass is 79.9. The number of carboxylic acids is 1. The number of nitrogens with zero attached hydrogens (tertiary/aromatic N) is 1. The number of halogens is 1. The minimum atomic E-state index is -0.812. The van der Waals surface area contributed by atoms with Crippen LogP contribution in [0, 0.1) is 11.8 Å². The van der Waals surface area contributed by atoms with Gasteiger partial charge >= 0.3 is 5.97 Å². The van der Waals surface area contributed by atoms with E-state index >= 15 is 0 Å². The van der Waals surface area contributed by atoms with E-state index in [4.69, 9.17) is 5.11 Å². The van der Waals surface area contributed by atoms with Crippen molar-refractivity contribution in [2.75, 3.05) is 18.8 Å². The van der Waals surface area contributed by atoms with E-state index in [1.807, 2.05) is 31.2 Å². The number of carbonyl (C=O) groups is 2. The van der Waals surface area contributed by atoms with Gasteiger partial charge in [-0.1, -0.05) is 22.9 Å². The van der Waals surface area contributed by atoms with Gasteiger partial charge in [-0.2, -0.15) is 0 Å². The monoisotopic (exact) mass is 357 g/mol. The number of aliphatic carboxylic acids is 1. The van der Waals surface area contributed by atoms with E-state index in [1.54, 1.807) is 4.90 Å². The Hall–Kier alpha value is -1.01. The largest absolute Gasteiger partial charge is 0.481 e. The normalized spacial score (nSPS) is 22.0. The Balaban J connectivity index is 1.87. The van der Waals surface area contributed by atoms with Crippen LogP contribution in [0.2, 0.25) is 0 Å². The molecule has 2 unspecified atom stereocenters. The molecule has 1 aromatic carbocycles. The number of rotatable bonds is 4. The zero-order valence-electron chi connectivity index (χ0n) is 11.1. The summed E-state index contributed by atoms with van der Waals surface area (Å²) >= 11 is 4.84. The van der Waals surface area contributed by atoms with Gasteiger partial charge in [-0.25, -0.2) is 0 Å². The first-order chi connectivity index (χ1) is 9.47. The molecule has 2 rings (SSSR count). The lowest BCUT2D eigenvalue weighted by atomic mass is 9.99. The minimum absolute atomic E-state index is 0.00789. The molecule has 20 heavy (non-hydrogen) atoms. The lowest BCUT2D eigenvalue weighted by Crippen LogP contribution is -2.31. The highest BCUT2D eigenvalue weighted by molar-refractivity contribution is 9.10. The van der Waals surface area contributed by atoms with Gasteiger partial charge in [0.15, 0.2) is 0 Å². The number of benzene rings is 1. The summed E-state index contributed by atoms with van der Waals surface area (Å²) in [6.45, 7) is 2.75. The molecule has 0 aliphatic carbocycles. The molecule has 1 saturated heterocycles. The van der Waals surface area contributed by atoms with Gasteiger partial charge in [0.25, 0.3) is 0 Å². The standard InChI is InChI=1S/C14H16BrNO3S/c1-9-6-16(7-12(9)14(18)19)13(17)8-20-11-4-2-10(15)3-5-11/h2-5,9,12H,6-8H2,1H3,(H,18,19). The first kappa shape index (κ1) is 15.4. The highest BCUT2D eigenvalue weighted by Gasteiger charge is 2.36. The van der Waals surface area contributed by atoms with Gasteiger partial charge in [0.1, 0.15) is 0 Å². The van der Waals surface area contributed by atoms with Crippen molar-refractivity contribution in [3.8, 4) is 0 Å². The SMILES string of the molecule is CC1CN(C(=O)CSc2ccc(Br)cc2)CC1C(=O)O. The van der Waals surface area contributed by atoms with Crippen molar-refractivity contribution in [1.29, 1.82) is 0 Å². The van der Waals surface area contributed by atoms with Crippen LogP contribution in [0.15, 0.2) is 33.6 Å². The van der Waals surface area contributed by atoms with E-state index in [0.717, 1.165) is 9.37 Å². The molecule has 2 atom stereocenters. The van der Waals surface area contributed by atoms with Crippen LogP contribution in [0.3, 0.4) is 0 Å². The van der Waals surface area contributed by atoms with Crippen molar-refractivity contribution in [1.82, 2.24) is 4.90 Å². The third-order valence-corrected chi connectivity index (χ3v) is 4.98. The molecule has 0 radical (unpaired) electrons. The molecule has 108 valence electrons. The number of carbonyl (C=O) groups excluding carboxylic acids is 1.